The zero-order valence-electron chi connectivity index (χ0n) is 11.9. The maximum absolute atomic E-state index is 12.0. The van der Waals surface area contributed by atoms with E-state index in [4.69, 9.17) is 4.74 Å². The average molecular weight is 299 g/mol. The fraction of sp³-hybridized carbons (Fsp3) is 0.176. The Hall–Kier alpha value is -2.66. The third-order valence-electron chi connectivity index (χ3n) is 3.04. The van der Waals surface area contributed by atoms with Gasteiger partial charge < -0.3 is 15.2 Å². The summed E-state index contributed by atoms with van der Waals surface area (Å²) in [5.41, 5.74) is 1.36. The Bertz CT molecular complexity index is 613. The normalized spacial score (nSPS) is 11.6. The number of nitrogens with one attached hydrogen (secondary N) is 1. The molecule has 0 saturated carbocycles. The molecule has 0 saturated heterocycles. The molecule has 0 aliphatic rings. The molecule has 5 nitrogen and oxygen atoms in total. The van der Waals surface area contributed by atoms with Crippen molar-refractivity contribution in [2.24, 2.45) is 0 Å². The number of ether oxygens (including phenoxy) is 1. The summed E-state index contributed by atoms with van der Waals surface area (Å²) in [5, 5.41) is 11.6. The van der Waals surface area contributed by atoms with Crippen molar-refractivity contribution < 1.29 is 19.4 Å². The maximum Gasteiger partial charge on any atom is 0.328 e. The molecule has 2 N–H and O–H groups in total. The van der Waals surface area contributed by atoms with Gasteiger partial charge in [0.2, 0.25) is 0 Å². The minimum Gasteiger partial charge on any atom is -0.480 e. The number of hydrogen-bond acceptors (Lipinski definition) is 3. The van der Waals surface area contributed by atoms with Crippen LogP contribution in [-0.2, 0) is 16.1 Å². The number of carboxylic acid groups (broad SMARTS) is 1. The number of carbonyl (C=O) groups is 2. The topological polar surface area (TPSA) is 75.6 Å². The van der Waals surface area contributed by atoms with Gasteiger partial charge in [0, 0.05) is 5.56 Å². The molecule has 0 fully saturated rings. The van der Waals surface area contributed by atoms with Gasteiger partial charge in [-0.25, -0.2) is 4.79 Å². The summed E-state index contributed by atoms with van der Waals surface area (Å²) in [6.07, 6.45) is 0. The standard InChI is InChI=1S/C17H17NO4/c19-16(14-9-5-2-6-10-14)18-15(17(20)21)12-22-11-13-7-3-1-4-8-13/h1-10,15H,11-12H2,(H,18,19)(H,20,21)/t15-/m1/s1. The van der Waals surface area contributed by atoms with Crippen LogP contribution in [0.3, 0.4) is 0 Å². The fourth-order valence-electron chi connectivity index (χ4n) is 1.87. The molecular weight excluding hydrogens is 282 g/mol. The number of rotatable bonds is 7. The van der Waals surface area contributed by atoms with Gasteiger partial charge in [0.05, 0.1) is 13.2 Å². The van der Waals surface area contributed by atoms with Crippen molar-refractivity contribution in [2.45, 2.75) is 12.6 Å². The van der Waals surface area contributed by atoms with E-state index in [1.165, 1.54) is 0 Å². The first-order valence-electron chi connectivity index (χ1n) is 6.87. The van der Waals surface area contributed by atoms with E-state index < -0.39 is 17.9 Å². The minimum absolute atomic E-state index is 0.0944. The van der Waals surface area contributed by atoms with Crippen molar-refractivity contribution >= 4 is 11.9 Å². The number of carbonyl (C=O) groups excluding carboxylic acids is 1. The van der Waals surface area contributed by atoms with Crippen LogP contribution in [0, 0.1) is 0 Å². The van der Waals surface area contributed by atoms with Crippen LogP contribution in [0.4, 0.5) is 0 Å². The van der Waals surface area contributed by atoms with Gasteiger partial charge in [-0.05, 0) is 17.7 Å². The summed E-state index contributed by atoms with van der Waals surface area (Å²) in [6, 6.07) is 16.8. The lowest BCUT2D eigenvalue weighted by Crippen LogP contribution is -2.44. The van der Waals surface area contributed by atoms with Crippen LogP contribution in [0.15, 0.2) is 60.7 Å². The van der Waals surface area contributed by atoms with Gasteiger partial charge in [0.15, 0.2) is 6.04 Å². The third-order valence-corrected chi connectivity index (χ3v) is 3.04. The first-order valence-corrected chi connectivity index (χ1v) is 6.87. The molecule has 0 spiro atoms. The molecule has 5 heteroatoms. The molecule has 0 bridgehead atoms. The Kier molecular flexibility index (Phi) is 5.68. The zero-order chi connectivity index (χ0) is 15.8. The predicted molar refractivity (Wildman–Crippen MR) is 81.4 cm³/mol. The smallest absolute Gasteiger partial charge is 0.328 e. The van der Waals surface area contributed by atoms with Crippen LogP contribution >= 0.6 is 0 Å². The first kappa shape index (κ1) is 15.7. The van der Waals surface area contributed by atoms with Crippen molar-refractivity contribution in [3.63, 3.8) is 0 Å². The van der Waals surface area contributed by atoms with Gasteiger partial charge in [-0.3, -0.25) is 4.79 Å². The Balaban J connectivity index is 1.87. The summed E-state index contributed by atoms with van der Waals surface area (Å²) < 4.78 is 5.38. The molecule has 114 valence electrons. The Morgan fingerprint density at radius 3 is 2.18 bits per heavy atom. The quantitative estimate of drug-likeness (QED) is 0.821. The van der Waals surface area contributed by atoms with Gasteiger partial charge in [0.1, 0.15) is 0 Å². The number of aliphatic carboxylic acids is 1. The summed E-state index contributed by atoms with van der Waals surface area (Å²) >= 11 is 0. The highest BCUT2D eigenvalue weighted by molar-refractivity contribution is 5.96. The van der Waals surface area contributed by atoms with Gasteiger partial charge in [-0.1, -0.05) is 48.5 Å². The lowest BCUT2D eigenvalue weighted by atomic mass is 10.2. The highest BCUT2D eigenvalue weighted by Crippen LogP contribution is 2.03. The molecule has 1 amide bonds. The van der Waals surface area contributed by atoms with Crippen molar-refractivity contribution in [1.29, 1.82) is 0 Å². The third kappa shape index (κ3) is 4.71. The molecular formula is C17H17NO4. The monoisotopic (exact) mass is 299 g/mol. The fourth-order valence-corrected chi connectivity index (χ4v) is 1.87. The second kappa shape index (κ2) is 7.95. The Morgan fingerprint density at radius 2 is 1.59 bits per heavy atom. The van der Waals surface area contributed by atoms with Crippen LogP contribution in [-0.4, -0.2) is 29.6 Å². The lowest BCUT2D eigenvalue weighted by Gasteiger charge is -2.15. The molecule has 0 aliphatic heterocycles. The van der Waals surface area contributed by atoms with E-state index in [-0.39, 0.29) is 6.61 Å². The van der Waals surface area contributed by atoms with Crippen LogP contribution < -0.4 is 5.32 Å². The maximum atomic E-state index is 12.0. The lowest BCUT2D eigenvalue weighted by molar-refractivity contribution is -0.141. The van der Waals surface area contributed by atoms with Crippen LogP contribution in [0.1, 0.15) is 15.9 Å². The van der Waals surface area contributed by atoms with E-state index in [2.05, 4.69) is 5.32 Å². The van der Waals surface area contributed by atoms with Crippen molar-refractivity contribution in [3.8, 4) is 0 Å². The highest BCUT2D eigenvalue weighted by atomic mass is 16.5. The van der Waals surface area contributed by atoms with Gasteiger partial charge in [0.25, 0.3) is 5.91 Å². The first-order chi connectivity index (χ1) is 10.7. The van der Waals surface area contributed by atoms with E-state index in [1.54, 1.807) is 30.3 Å². The molecule has 22 heavy (non-hydrogen) atoms. The molecule has 0 unspecified atom stereocenters. The van der Waals surface area contributed by atoms with Gasteiger partial charge >= 0.3 is 5.97 Å². The molecule has 0 aromatic heterocycles. The van der Waals surface area contributed by atoms with E-state index >= 15 is 0 Å². The van der Waals surface area contributed by atoms with E-state index in [0.29, 0.717) is 12.2 Å². The van der Waals surface area contributed by atoms with E-state index in [1.807, 2.05) is 30.3 Å². The number of amides is 1. The SMILES string of the molecule is O=C(N[C@H](COCc1ccccc1)C(=O)O)c1ccccc1. The van der Waals surface area contributed by atoms with Crippen molar-refractivity contribution in [2.75, 3.05) is 6.61 Å². The molecule has 2 aromatic rings. The van der Waals surface area contributed by atoms with Crippen molar-refractivity contribution in [3.05, 3.63) is 71.8 Å². The van der Waals surface area contributed by atoms with Crippen molar-refractivity contribution in [1.82, 2.24) is 5.32 Å². The number of benzene rings is 2. The molecule has 0 radical (unpaired) electrons. The second-order valence-electron chi connectivity index (χ2n) is 4.73. The predicted octanol–water partition coefficient (Wildman–Crippen LogP) is 2.09. The molecule has 2 rings (SSSR count). The summed E-state index contributed by atoms with van der Waals surface area (Å²) in [6.45, 7) is 0.203. The molecule has 1 atom stereocenters. The van der Waals surface area contributed by atoms with E-state index in [0.717, 1.165) is 5.56 Å². The Labute approximate surface area is 128 Å². The summed E-state index contributed by atoms with van der Waals surface area (Å²) in [5.74, 6) is -1.56. The van der Waals surface area contributed by atoms with Gasteiger partial charge in [-0.15, -0.1) is 0 Å². The number of hydrogen-bond donors (Lipinski definition) is 2. The van der Waals surface area contributed by atoms with Crippen LogP contribution in [0.25, 0.3) is 0 Å². The molecule has 0 heterocycles. The minimum atomic E-state index is -1.13. The average Bonchev–Trinajstić information content (AvgIpc) is 2.55. The van der Waals surface area contributed by atoms with Crippen LogP contribution in [0.2, 0.25) is 0 Å². The summed E-state index contributed by atoms with van der Waals surface area (Å²) in [4.78, 5) is 23.2. The van der Waals surface area contributed by atoms with E-state index in [9.17, 15) is 14.7 Å². The van der Waals surface area contributed by atoms with Crippen LogP contribution in [0.5, 0.6) is 0 Å². The largest absolute Gasteiger partial charge is 0.480 e. The zero-order valence-corrected chi connectivity index (χ0v) is 11.9. The molecule has 2 aromatic carbocycles. The second-order valence-corrected chi connectivity index (χ2v) is 4.73. The Morgan fingerprint density at radius 1 is 1.00 bits per heavy atom. The number of carboxylic acids is 1. The van der Waals surface area contributed by atoms with Gasteiger partial charge in [-0.2, -0.15) is 0 Å². The summed E-state index contributed by atoms with van der Waals surface area (Å²) in [7, 11) is 0. The highest BCUT2D eigenvalue weighted by Gasteiger charge is 2.20. The molecule has 0 aliphatic carbocycles.